The molecular formula is C12H11N3O. The molecule has 1 aromatic rings. The molecule has 0 spiro atoms. The molecular weight excluding hydrogens is 202 g/mol. The normalized spacial score (nSPS) is 11.3. The average Bonchev–Trinajstić information content (AvgIpc) is 2.72. The molecule has 0 saturated carbocycles. The van der Waals surface area contributed by atoms with E-state index in [1.165, 1.54) is 0 Å². The van der Waals surface area contributed by atoms with Crippen LogP contribution in [-0.4, -0.2) is 19.9 Å². The van der Waals surface area contributed by atoms with Crippen LogP contribution in [0.1, 0.15) is 12.7 Å². The van der Waals surface area contributed by atoms with E-state index in [0.717, 1.165) is 39.3 Å². The van der Waals surface area contributed by atoms with Crippen LogP contribution in [0.25, 0.3) is 22.3 Å². The molecule has 0 atom stereocenters. The first-order valence-corrected chi connectivity index (χ1v) is 5.25. The summed E-state index contributed by atoms with van der Waals surface area (Å²) in [7, 11) is 0. The zero-order valence-electron chi connectivity index (χ0n) is 8.88. The van der Waals surface area contributed by atoms with Crippen molar-refractivity contribution < 1.29 is 5.21 Å². The van der Waals surface area contributed by atoms with Crippen molar-refractivity contribution in [3.8, 4) is 11.4 Å². The minimum absolute atomic E-state index is 0.734. The van der Waals surface area contributed by atoms with E-state index in [4.69, 9.17) is 0 Å². The molecule has 0 aliphatic carbocycles. The van der Waals surface area contributed by atoms with E-state index in [2.05, 4.69) is 9.97 Å². The lowest BCUT2D eigenvalue weighted by molar-refractivity contribution is 0.198. The van der Waals surface area contributed by atoms with Crippen molar-refractivity contribution in [1.82, 2.24) is 14.7 Å². The highest BCUT2D eigenvalue weighted by Crippen LogP contribution is 2.28. The van der Waals surface area contributed by atoms with Gasteiger partial charge in [-0.25, -0.2) is 9.97 Å². The van der Waals surface area contributed by atoms with Gasteiger partial charge in [0.1, 0.15) is 17.2 Å². The highest BCUT2D eigenvalue weighted by Gasteiger charge is 2.15. The van der Waals surface area contributed by atoms with E-state index < -0.39 is 0 Å². The maximum Gasteiger partial charge on any atom is 0.129 e. The first kappa shape index (κ1) is 9.15. The fraction of sp³-hybridized carbons (Fsp3) is 0.167. The van der Waals surface area contributed by atoms with E-state index in [9.17, 15) is 5.21 Å². The maximum atomic E-state index is 9.80. The van der Waals surface area contributed by atoms with E-state index in [-0.39, 0.29) is 0 Å². The highest BCUT2D eigenvalue weighted by atomic mass is 16.5. The third-order valence-corrected chi connectivity index (χ3v) is 2.70. The Balaban J connectivity index is 2.47. The SMILES string of the molecule is CCc1nc2cn(O)c3ccccc3c-2n1. The quantitative estimate of drug-likeness (QED) is 0.631. The molecule has 0 fully saturated rings. The summed E-state index contributed by atoms with van der Waals surface area (Å²) in [5.74, 6) is 0.811. The van der Waals surface area contributed by atoms with Crippen molar-refractivity contribution in [3.63, 3.8) is 0 Å². The summed E-state index contributed by atoms with van der Waals surface area (Å²) in [5, 5.41) is 10.7. The Kier molecular flexibility index (Phi) is 1.83. The monoisotopic (exact) mass is 213 g/mol. The second-order valence-corrected chi connectivity index (χ2v) is 3.72. The number of nitrogens with zero attached hydrogens (tertiary/aromatic N) is 3. The van der Waals surface area contributed by atoms with Crippen LogP contribution in [0.15, 0.2) is 30.5 Å². The maximum absolute atomic E-state index is 9.80. The van der Waals surface area contributed by atoms with Crippen molar-refractivity contribution in [2.24, 2.45) is 0 Å². The van der Waals surface area contributed by atoms with Crippen LogP contribution in [-0.2, 0) is 6.42 Å². The smallest absolute Gasteiger partial charge is 0.129 e. The molecule has 0 aromatic heterocycles. The molecule has 0 radical (unpaired) electrons. The van der Waals surface area contributed by atoms with Crippen LogP contribution in [0.5, 0.6) is 0 Å². The Bertz CT molecular complexity index is 630. The number of para-hydroxylation sites is 1. The summed E-state index contributed by atoms with van der Waals surface area (Å²) < 4.78 is 1.10. The molecule has 1 N–H and O–H groups in total. The topological polar surface area (TPSA) is 50.9 Å². The summed E-state index contributed by atoms with van der Waals surface area (Å²) in [5.41, 5.74) is 2.34. The Labute approximate surface area is 92.5 Å². The lowest BCUT2D eigenvalue weighted by Crippen LogP contribution is -1.97. The number of rotatable bonds is 1. The van der Waals surface area contributed by atoms with Gasteiger partial charge in [-0.05, 0) is 6.07 Å². The molecule has 2 heterocycles. The minimum Gasteiger partial charge on any atom is -0.428 e. The number of hydrogen-bond donors (Lipinski definition) is 1. The van der Waals surface area contributed by atoms with Crippen LogP contribution in [0.2, 0.25) is 0 Å². The van der Waals surface area contributed by atoms with Gasteiger partial charge in [0, 0.05) is 11.8 Å². The van der Waals surface area contributed by atoms with Crippen molar-refractivity contribution in [2.75, 3.05) is 0 Å². The third kappa shape index (κ3) is 1.16. The molecule has 3 rings (SSSR count). The predicted octanol–water partition coefficient (Wildman–Crippen LogP) is 2.34. The number of hydrogen-bond acceptors (Lipinski definition) is 3. The molecule has 0 amide bonds. The van der Waals surface area contributed by atoms with Crippen LogP contribution in [0.4, 0.5) is 0 Å². The van der Waals surface area contributed by atoms with Gasteiger partial charge in [0.15, 0.2) is 0 Å². The summed E-state index contributed by atoms with van der Waals surface area (Å²) in [6.07, 6.45) is 2.40. The lowest BCUT2D eigenvalue weighted by atomic mass is 10.1. The largest absolute Gasteiger partial charge is 0.428 e. The van der Waals surface area contributed by atoms with E-state index in [1.54, 1.807) is 6.20 Å². The fourth-order valence-electron chi connectivity index (χ4n) is 1.91. The standard InChI is InChI=1S/C12H11N3O/c1-2-11-13-9-7-15(16)10-6-4-3-5-8(10)12(9)14-11/h3-7,16H,2H2,1H3. The van der Waals surface area contributed by atoms with Crippen molar-refractivity contribution in [3.05, 3.63) is 36.3 Å². The van der Waals surface area contributed by atoms with Gasteiger partial charge in [0.05, 0.1) is 11.7 Å². The van der Waals surface area contributed by atoms with Crippen LogP contribution >= 0.6 is 0 Å². The summed E-state index contributed by atoms with van der Waals surface area (Å²) in [6.45, 7) is 2.02. The second-order valence-electron chi connectivity index (χ2n) is 3.72. The van der Waals surface area contributed by atoms with E-state index in [1.807, 2.05) is 31.2 Å². The molecule has 4 heteroatoms. The Morgan fingerprint density at radius 1 is 1.25 bits per heavy atom. The van der Waals surface area contributed by atoms with Crippen molar-refractivity contribution in [1.29, 1.82) is 0 Å². The van der Waals surface area contributed by atoms with E-state index in [0.29, 0.717) is 0 Å². The fourth-order valence-corrected chi connectivity index (χ4v) is 1.91. The molecule has 4 nitrogen and oxygen atoms in total. The number of imidazole rings is 1. The van der Waals surface area contributed by atoms with Gasteiger partial charge < -0.3 is 5.21 Å². The number of aryl methyl sites for hydroxylation is 1. The Hall–Kier alpha value is -2.10. The number of pyridine rings is 1. The van der Waals surface area contributed by atoms with Gasteiger partial charge in [0.2, 0.25) is 0 Å². The van der Waals surface area contributed by atoms with Gasteiger partial charge in [-0.2, -0.15) is 4.73 Å². The van der Waals surface area contributed by atoms with Gasteiger partial charge in [-0.1, -0.05) is 25.1 Å². The van der Waals surface area contributed by atoms with Gasteiger partial charge in [-0.3, -0.25) is 0 Å². The summed E-state index contributed by atoms with van der Waals surface area (Å²) >= 11 is 0. The molecule has 2 aliphatic heterocycles. The number of fused-ring (bicyclic) bond motifs is 3. The Morgan fingerprint density at radius 3 is 2.88 bits per heavy atom. The zero-order valence-corrected chi connectivity index (χ0v) is 8.88. The Morgan fingerprint density at radius 2 is 2.06 bits per heavy atom. The first-order chi connectivity index (χ1) is 7.79. The predicted molar refractivity (Wildman–Crippen MR) is 60.7 cm³/mol. The third-order valence-electron chi connectivity index (χ3n) is 2.70. The van der Waals surface area contributed by atoms with Crippen molar-refractivity contribution >= 4 is 10.9 Å². The summed E-state index contributed by atoms with van der Waals surface area (Å²) in [4.78, 5) is 8.82. The molecule has 1 aromatic carbocycles. The number of benzene rings is 1. The average molecular weight is 213 g/mol. The van der Waals surface area contributed by atoms with Gasteiger partial charge in [0.25, 0.3) is 0 Å². The highest BCUT2D eigenvalue weighted by molar-refractivity contribution is 5.92. The molecule has 0 bridgehead atoms. The first-order valence-electron chi connectivity index (χ1n) is 5.25. The van der Waals surface area contributed by atoms with Gasteiger partial charge in [-0.15, -0.1) is 0 Å². The lowest BCUT2D eigenvalue weighted by Gasteiger charge is -2.06. The van der Waals surface area contributed by atoms with Crippen molar-refractivity contribution in [2.45, 2.75) is 13.3 Å². The molecule has 0 unspecified atom stereocenters. The minimum atomic E-state index is 0.734. The molecule has 0 saturated heterocycles. The zero-order chi connectivity index (χ0) is 11.1. The van der Waals surface area contributed by atoms with Crippen LogP contribution in [0, 0.1) is 0 Å². The van der Waals surface area contributed by atoms with Crippen LogP contribution in [0.3, 0.4) is 0 Å². The summed E-state index contributed by atoms with van der Waals surface area (Å²) in [6, 6.07) is 7.62. The molecule has 80 valence electrons. The van der Waals surface area contributed by atoms with Crippen LogP contribution < -0.4 is 0 Å². The second kappa shape index (κ2) is 3.20. The molecule has 2 aliphatic rings. The molecule has 16 heavy (non-hydrogen) atoms. The van der Waals surface area contributed by atoms with Gasteiger partial charge >= 0.3 is 0 Å². The van der Waals surface area contributed by atoms with E-state index >= 15 is 0 Å². The number of aromatic nitrogens is 3.